The third-order valence-electron chi connectivity index (χ3n) is 8.18. The smallest absolute Gasteiger partial charge is 0.312 e. The molecular weight excluding hydrogens is 474 g/mol. The number of hydrogen-bond donors (Lipinski definition) is 2. The van der Waals surface area contributed by atoms with Gasteiger partial charge in [0.2, 0.25) is 11.8 Å². The van der Waals surface area contributed by atoms with E-state index in [4.69, 9.17) is 14.6 Å². The van der Waals surface area contributed by atoms with Crippen LogP contribution in [0.2, 0.25) is 0 Å². The van der Waals surface area contributed by atoms with Crippen molar-refractivity contribution < 1.29 is 29.0 Å². The Bertz CT molecular complexity index is 965. The minimum Gasteiger partial charge on any atom is -0.466 e. The lowest BCUT2D eigenvalue weighted by molar-refractivity contribution is -0.154. The second-order valence-corrected chi connectivity index (χ2v) is 10.2. The molecule has 9 heteroatoms. The van der Waals surface area contributed by atoms with Gasteiger partial charge in [0.15, 0.2) is 0 Å². The summed E-state index contributed by atoms with van der Waals surface area (Å²) in [5, 5.41) is 12.1. The molecule has 2 unspecified atom stereocenters. The number of carbonyl (C=O) groups excluding carboxylic acids is 3. The summed E-state index contributed by atoms with van der Waals surface area (Å²) in [6, 6.07) is 6.92. The van der Waals surface area contributed by atoms with E-state index in [1.807, 2.05) is 24.3 Å². The lowest BCUT2D eigenvalue weighted by atomic mass is 9.71. The molecule has 37 heavy (non-hydrogen) atoms. The van der Waals surface area contributed by atoms with E-state index in [0.717, 1.165) is 31.6 Å². The quantitative estimate of drug-likeness (QED) is 0.307. The third kappa shape index (κ3) is 5.08. The van der Waals surface area contributed by atoms with E-state index in [1.54, 1.807) is 11.8 Å². The van der Waals surface area contributed by atoms with Crippen molar-refractivity contribution in [2.24, 2.45) is 11.8 Å². The number of esters is 1. The van der Waals surface area contributed by atoms with Gasteiger partial charge in [-0.3, -0.25) is 14.4 Å². The predicted molar refractivity (Wildman–Crippen MR) is 140 cm³/mol. The third-order valence-corrected chi connectivity index (χ3v) is 8.18. The van der Waals surface area contributed by atoms with Gasteiger partial charge in [-0.25, -0.2) is 0 Å². The van der Waals surface area contributed by atoms with Crippen molar-refractivity contribution in [1.29, 1.82) is 0 Å². The molecule has 5 atom stereocenters. The first kappa shape index (κ1) is 27.4. The molecule has 0 saturated carbocycles. The number of ether oxygens (including phenoxy) is 2. The normalized spacial score (nSPS) is 27.9. The van der Waals surface area contributed by atoms with Crippen LogP contribution >= 0.6 is 0 Å². The van der Waals surface area contributed by atoms with Crippen molar-refractivity contribution in [2.45, 2.75) is 77.0 Å². The molecule has 4 rings (SSSR count). The molecule has 1 aromatic rings. The zero-order chi connectivity index (χ0) is 26.6. The summed E-state index contributed by atoms with van der Waals surface area (Å²) in [5.41, 5.74) is 0.720. The first-order valence-electron chi connectivity index (χ1n) is 13.8. The molecule has 204 valence electrons. The molecule has 0 aliphatic carbocycles. The van der Waals surface area contributed by atoms with Crippen molar-refractivity contribution in [2.75, 3.05) is 43.1 Å². The minimum atomic E-state index is -1.02. The van der Waals surface area contributed by atoms with E-state index in [1.165, 1.54) is 0 Å². The Morgan fingerprint density at radius 3 is 2.49 bits per heavy atom. The summed E-state index contributed by atoms with van der Waals surface area (Å²) < 4.78 is 11.7. The molecule has 3 aliphatic rings. The number of aliphatic hydroxyl groups is 1. The standard InChI is InChI=1S/C28H41N3O6/c1-4-30(5-2)20-13-11-19(12-14-20)29-25(33)24-28-16-15-21(37-28)22(27(35)36-6-3)23(28)26(34)31(24)17-9-7-8-10-18-32/h11-14,21-24,32H,4-10,15-18H2,1-3H3,(H,29,33)/t21-,22+,23-,24?,28?/m0/s1. The maximum absolute atomic E-state index is 13.8. The second kappa shape index (κ2) is 11.8. The molecule has 2 N–H and O–H groups in total. The van der Waals surface area contributed by atoms with Crippen LogP contribution in [0.4, 0.5) is 11.4 Å². The molecular formula is C28H41N3O6. The number of rotatable bonds is 13. The van der Waals surface area contributed by atoms with Gasteiger partial charge in [0, 0.05) is 37.6 Å². The van der Waals surface area contributed by atoms with Crippen LogP contribution in [0.25, 0.3) is 0 Å². The predicted octanol–water partition coefficient (Wildman–Crippen LogP) is 2.96. The van der Waals surface area contributed by atoms with E-state index in [2.05, 4.69) is 24.1 Å². The number of amides is 2. The Labute approximate surface area is 219 Å². The van der Waals surface area contributed by atoms with Crippen LogP contribution in [0.15, 0.2) is 24.3 Å². The average Bonchev–Trinajstić information content (AvgIpc) is 3.53. The Hall–Kier alpha value is -2.65. The highest BCUT2D eigenvalue weighted by atomic mass is 16.6. The highest BCUT2D eigenvalue weighted by Crippen LogP contribution is 2.58. The van der Waals surface area contributed by atoms with Gasteiger partial charge >= 0.3 is 5.97 Å². The van der Waals surface area contributed by atoms with Crippen molar-refractivity contribution in [3.63, 3.8) is 0 Å². The summed E-state index contributed by atoms with van der Waals surface area (Å²) >= 11 is 0. The van der Waals surface area contributed by atoms with Crippen molar-refractivity contribution in [1.82, 2.24) is 4.90 Å². The molecule has 3 saturated heterocycles. The fraction of sp³-hybridized carbons (Fsp3) is 0.679. The SMILES string of the molecule is CCOC(=O)[C@@H]1[C@@H]2CCC3(O2)C(C(=O)Nc2ccc(N(CC)CC)cc2)N(CCCCCCO)C(=O)[C@H]13. The van der Waals surface area contributed by atoms with Gasteiger partial charge in [-0.2, -0.15) is 0 Å². The Balaban J connectivity index is 1.57. The molecule has 1 spiro atoms. The molecule has 0 aromatic heterocycles. The highest BCUT2D eigenvalue weighted by Gasteiger charge is 2.74. The van der Waals surface area contributed by atoms with E-state index in [-0.39, 0.29) is 25.0 Å². The maximum Gasteiger partial charge on any atom is 0.312 e. The lowest BCUT2D eigenvalue weighted by Gasteiger charge is -2.33. The van der Waals surface area contributed by atoms with Crippen LogP contribution < -0.4 is 10.2 Å². The van der Waals surface area contributed by atoms with Gasteiger partial charge in [-0.1, -0.05) is 12.8 Å². The largest absolute Gasteiger partial charge is 0.466 e. The molecule has 3 fully saturated rings. The van der Waals surface area contributed by atoms with E-state index in [0.29, 0.717) is 37.9 Å². The molecule has 9 nitrogen and oxygen atoms in total. The maximum atomic E-state index is 13.8. The Kier molecular flexibility index (Phi) is 8.75. The van der Waals surface area contributed by atoms with Crippen LogP contribution in [0.3, 0.4) is 0 Å². The van der Waals surface area contributed by atoms with Gasteiger partial charge in [0.1, 0.15) is 11.6 Å². The van der Waals surface area contributed by atoms with Crippen molar-refractivity contribution in [3.05, 3.63) is 24.3 Å². The molecule has 0 radical (unpaired) electrons. The van der Waals surface area contributed by atoms with Crippen molar-refractivity contribution >= 4 is 29.2 Å². The first-order chi connectivity index (χ1) is 17.9. The van der Waals surface area contributed by atoms with Crippen LogP contribution in [0, 0.1) is 11.8 Å². The highest BCUT2D eigenvalue weighted by molar-refractivity contribution is 6.03. The fourth-order valence-electron chi connectivity index (χ4n) is 6.50. The average molecular weight is 516 g/mol. The number of unbranched alkanes of at least 4 members (excludes halogenated alkanes) is 3. The van der Waals surface area contributed by atoms with Gasteiger partial charge in [-0.15, -0.1) is 0 Å². The molecule has 2 amide bonds. The van der Waals surface area contributed by atoms with E-state index < -0.39 is 35.6 Å². The zero-order valence-corrected chi connectivity index (χ0v) is 22.3. The van der Waals surface area contributed by atoms with Gasteiger partial charge in [0.05, 0.1) is 24.5 Å². The van der Waals surface area contributed by atoms with Crippen LogP contribution in [-0.4, -0.2) is 78.4 Å². The first-order valence-corrected chi connectivity index (χ1v) is 13.8. The fourth-order valence-corrected chi connectivity index (χ4v) is 6.50. The number of nitrogens with one attached hydrogen (secondary N) is 1. The van der Waals surface area contributed by atoms with E-state index in [9.17, 15) is 14.4 Å². The van der Waals surface area contributed by atoms with Crippen LogP contribution in [0.1, 0.15) is 59.3 Å². The van der Waals surface area contributed by atoms with Gasteiger partial charge in [0.25, 0.3) is 0 Å². The number of likely N-dealkylation sites (tertiary alicyclic amines) is 1. The van der Waals surface area contributed by atoms with Crippen LogP contribution in [-0.2, 0) is 23.9 Å². The number of fused-ring (bicyclic) bond motifs is 1. The number of hydrogen-bond acceptors (Lipinski definition) is 7. The molecule has 3 aliphatic heterocycles. The summed E-state index contributed by atoms with van der Waals surface area (Å²) in [6.45, 7) is 8.52. The van der Waals surface area contributed by atoms with Gasteiger partial charge < -0.3 is 29.7 Å². The van der Waals surface area contributed by atoms with Crippen molar-refractivity contribution in [3.8, 4) is 0 Å². The summed E-state index contributed by atoms with van der Waals surface area (Å²) in [5.74, 6) is -2.28. The molecule has 1 aromatic carbocycles. The number of nitrogens with zero attached hydrogens (tertiary/aromatic N) is 2. The minimum absolute atomic E-state index is 0.141. The number of benzene rings is 1. The van der Waals surface area contributed by atoms with Gasteiger partial charge in [-0.05, 0) is 70.7 Å². The number of anilines is 2. The topological polar surface area (TPSA) is 108 Å². The summed E-state index contributed by atoms with van der Waals surface area (Å²) in [7, 11) is 0. The van der Waals surface area contributed by atoms with Crippen LogP contribution in [0.5, 0.6) is 0 Å². The number of carbonyl (C=O) groups is 3. The zero-order valence-electron chi connectivity index (χ0n) is 22.3. The summed E-state index contributed by atoms with van der Waals surface area (Å²) in [6.07, 6.45) is 3.90. The molecule has 2 bridgehead atoms. The Morgan fingerprint density at radius 1 is 1.14 bits per heavy atom. The number of aliphatic hydroxyl groups excluding tert-OH is 1. The second-order valence-electron chi connectivity index (χ2n) is 10.2. The lowest BCUT2D eigenvalue weighted by Crippen LogP contribution is -2.53. The molecule has 3 heterocycles. The summed E-state index contributed by atoms with van der Waals surface area (Å²) in [4.78, 5) is 44.3. The van der Waals surface area contributed by atoms with E-state index >= 15 is 0 Å². The monoisotopic (exact) mass is 515 g/mol. The Morgan fingerprint density at radius 2 is 1.84 bits per heavy atom.